The molecule has 1 aromatic carbocycles. The fourth-order valence-corrected chi connectivity index (χ4v) is 1.26. The SMILES string of the molecule is COC(=O)CC#Cc1cc([N+](=O)[O-])c(C(=O)O)cc1F. The molecule has 0 heterocycles. The number of aromatic carboxylic acids is 1. The van der Waals surface area contributed by atoms with Crippen LogP contribution >= 0.6 is 0 Å². The van der Waals surface area contributed by atoms with Gasteiger partial charge in [-0.15, -0.1) is 0 Å². The number of esters is 1. The Hall–Kier alpha value is -2.95. The zero-order valence-electron chi connectivity index (χ0n) is 10.2. The summed E-state index contributed by atoms with van der Waals surface area (Å²) in [5, 5.41) is 19.5. The molecule has 0 aromatic heterocycles. The first-order valence-electron chi connectivity index (χ1n) is 5.13. The average Bonchev–Trinajstić information content (AvgIpc) is 2.39. The highest BCUT2D eigenvalue weighted by Gasteiger charge is 2.22. The molecule has 0 radical (unpaired) electrons. The van der Waals surface area contributed by atoms with E-state index >= 15 is 0 Å². The van der Waals surface area contributed by atoms with Crippen molar-refractivity contribution in [3.63, 3.8) is 0 Å². The Labute approximate surface area is 112 Å². The number of nitro groups is 1. The molecule has 0 aliphatic heterocycles. The number of ether oxygens (including phenoxy) is 1. The van der Waals surface area contributed by atoms with Crippen molar-refractivity contribution in [1.82, 2.24) is 0 Å². The monoisotopic (exact) mass is 281 g/mol. The Balaban J connectivity index is 3.22. The highest BCUT2D eigenvalue weighted by molar-refractivity contribution is 5.92. The molecule has 0 aliphatic rings. The Kier molecular flexibility index (Phi) is 4.75. The summed E-state index contributed by atoms with van der Waals surface area (Å²) in [6.45, 7) is 0. The van der Waals surface area contributed by atoms with Crippen LogP contribution in [0.1, 0.15) is 22.3 Å². The van der Waals surface area contributed by atoms with Gasteiger partial charge in [0.25, 0.3) is 5.69 Å². The van der Waals surface area contributed by atoms with E-state index in [9.17, 15) is 24.1 Å². The molecule has 1 aromatic rings. The van der Waals surface area contributed by atoms with E-state index in [1.807, 2.05) is 0 Å². The Bertz CT molecular complexity index is 643. The smallest absolute Gasteiger partial charge is 0.342 e. The molecule has 0 fully saturated rings. The topological polar surface area (TPSA) is 107 Å². The van der Waals surface area contributed by atoms with Gasteiger partial charge >= 0.3 is 11.9 Å². The van der Waals surface area contributed by atoms with Crippen molar-refractivity contribution in [2.45, 2.75) is 6.42 Å². The molecule has 1 rings (SSSR count). The predicted octanol–water partition coefficient (Wildman–Crippen LogP) is 1.35. The third-order valence-electron chi connectivity index (χ3n) is 2.20. The molecule has 0 atom stereocenters. The Morgan fingerprint density at radius 3 is 2.65 bits per heavy atom. The van der Waals surface area contributed by atoms with Crippen LogP contribution in [0.2, 0.25) is 0 Å². The van der Waals surface area contributed by atoms with E-state index in [4.69, 9.17) is 5.11 Å². The molecule has 7 nitrogen and oxygen atoms in total. The number of methoxy groups -OCH3 is 1. The van der Waals surface area contributed by atoms with Crippen molar-refractivity contribution < 1.29 is 28.7 Å². The van der Waals surface area contributed by atoms with E-state index in [2.05, 4.69) is 16.6 Å². The first-order chi connectivity index (χ1) is 9.36. The molecule has 0 saturated heterocycles. The van der Waals surface area contributed by atoms with Crippen molar-refractivity contribution in [3.05, 3.63) is 39.2 Å². The Morgan fingerprint density at radius 1 is 1.50 bits per heavy atom. The number of carbonyl (C=O) groups excluding carboxylic acids is 1. The van der Waals surface area contributed by atoms with Crippen molar-refractivity contribution in [2.75, 3.05) is 7.11 Å². The molecule has 104 valence electrons. The van der Waals surface area contributed by atoms with Crippen molar-refractivity contribution >= 4 is 17.6 Å². The predicted molar refractivity (Wildman–Crippen MR) is 63.5 cm³/mol. The second kappa shape index (κ2) is 6.29. The zero-order chi connectivity index (χ0) is 15.3. The van der Waals surface area contributed by atoms with Crippen LogP contribution in [-0.2, 0) is 9.53 Å². The van der Waals surface area contributed by atoms with E-state index in [0.29, 0.717) is 12.1 Å². The van der Waals surface area contributed by atoms with Gasteiger partial charge in [0.1, 0.15) is 17.8 Å². The quantitative estimate of drug-likeness (QED) is 0.388. The summed E-state index contributed by atoms with van der Waals surface area (Å²) in [7, 11) is 1.15. The third kappa shape index (κ3) is 3.52. The molecule has 0 bridgehead atoms. The minimum Gasteiger partial charge on any atom is -0.477 e. The van der Waals surface area contributed by atoms with Gasteiger partial charge in [0, 0.05) is 6.07 Å². The summed E-state index contributed by atoms with van der Waals surface area (Å²) in [6.07, 6.45) is -0.315. The number of carbonyl (C=O) groups is 2. The largest absolute Gasteiger partial charge is 0.477 e. The van der Waals surface area contributed by atoms with Crippen LogP contribution < -0.4 is 0 Å². The maximum absolute atomic E-state index is 13.6. The van der Waals surface area contributed by atoms with Gasteiger partial charge in [-0.2, -0.15) is 0 Å². The number of carboxylic acids is 1. The van der Waals surface area contributed by atoms with Crippen LogP contribution in [0.25, 0.3) is 0 Å². The summed E-state index contributed by atoms with van der Waals surface area (Å²) < 4.78 is 17.9. The molecular formula is C12H8FNO6. The summed E-state index contributed by atoms with van der Waals surface area (Å²) in [6, 6.07) is 1.23. The lowest BCUT2D eigenvalue weighted by Crippen LogP contribution is -2.04. The lowest BCUT2D eigenvalue weighted by atomic mass is 10.1. The Morgan fingerprint density at radius 2 is 2.15 bits per heavy atom. The van der Waals surface area contributed by atoms with Gasteiger partial charge in [-0.25, -0.2) is 9.18 Å². The second-order valence-electron chi connectivity index (χ2n) is 3.47. The number of benzene rings is 1. The van der Waals surface area contributed by atoms with Gasteiger partial charge in [-0.05, 0) is 6.07 Å². The van der Waals surface area contributed by atoms with Crippen LogP contribution in [0.5, 0.6) is 0 Å². The summed E-state index contributed by atoms with van der Waals surface area (Å²) >= 11 is 0. The van der Waals surface area contributed by atoms with E-state index in [1.165, 1.54) is 0 Å². The number of nitrogens with zero attached hydrogens (tertiary/aromatic N) is 1. The van der Waals surface area contributed by atoms with Gasteiger partial charge in [0.05, 0.1) is 17.6 Å². The number of halogens is 1. The summed E-state index contributed by atoms with van der Waals surface area (Å²) in [5.41, 5.74) is -1.92. The molecule has 1 N–H and O–H groups in total. The fraction of sp³-hybridized carbons (Fsp3) is 0.167. The van der Waals surface area contributed by atoms with Crippen LogP contribution in [-0.4, -0.2) is 29.1 Å². The number of nitro benzene ring substituents is 1. The maximum atomic E-state index is 13.6. The first kappa shape index (κ1) is 15.1. The van der Waals surface area contributed by atoms with E-state index in [-0.39, 0.29) is 12.0 Å². The molecule has 20 heavy (non-hydrogen) atoms. The highest BCUT2D eigenvalue weighted by atomic mass is 19.1. The first-order valence-corrected chi connectivity index (χ1v) is 5.13. The maximum Gasteiger partial charge on any atom is 0.342 e. The summed E-state index contributed by atoms with van der Waals surface area (Å²) in [5.74, 6) is 1.20. The minimum absolute atomic E-state index is 0.315. The molecular weight excluding hydrogens is 273 g/mol. The molecule has 0 saturated carbocycles. The van der Waals surface area contributed by atoms with E-state index < -0.39 is 33.9 Å². The number of rotatable bonds is 3. The fourth-order valence-electron chi connectivity index (χ4n) is 1.26. The van der Waals surface area contributed by atoms with Gasteiger partial charge in [-0.3, -0.25) is 14.9 Å². The molecule has 0 unspecified atom stereocenters. The molecule has 0 spiro atoms. The van der Waals surface area contributed by atoms with Crippen molar-refractivity contribution in [3.8, 4) is 11.8 Å². The van der Waals surface area contributed by atoms with Crippen LogP contribution in [0.3, 0.4) is 0 Å². The van der Waals surface area contributed by atoms with Gasteiger partial charge < -0.3 is 9.84 Å². The van der Waals surface area contributed by atoms with Crippen LogP contribution in [0.4, 0.5) is 10.1 Å². The second-order valence-corrected chi connectivity index (χ2v) is 3.47. The van der Waals surface area contributed by atoms with Crippen LogP contribution in [0.15, 0.2) is 12.1 Å². The molecule has 0 amide bonds. The van der Waals surface area contributed by atoms with E-state index in [1.54, 1.807) is 0 Å². The highest BCUT2D eigenvalue weighted by Crippen LogP contribution is 2.22. The summed E-state index contributed by atoms with van der Waals surface area (Å²) in [4.78, 5) is 31.3. The van der Waals surface area contributed by atoms with Gasteiger partial charge in [0.15, 0.2) is 0 Å². The van der Waals surface area contributed by atoms with Gasteiger partial charge in [-0.1, -0.05) is 11.8 Å². The standard InChI is InChI=1S/C12H8FNO6/c1-20-11(15)4-2-3-7-5-10(14(18)19)8(12(16)17)6-9(7)13/h5-6H,4H2,1H3,(H,16,17). The normalized spacial score (nSPS) is 9.30. The third-order valence-corrected chi connectivity index (χ3v) is 2.20. The number of hydrogen-bond donors (Lipinski definition) is 1. The lowest BCUT2D eigenvalue weighted by Gasteiger charge is -2.00. The molecule has 0 aliphatic carbocycles. The van der Waals surface area contributed by atoms with Crippen molar-refractivity contribution in [2.24, 2.45) is 0 Å². The van der Waals surface area contributed by atoms with E-state index in [0.717, 1.165) is 7.11 Å². The van der Waals surface area contributed by atoms with Gasteiger partial charge in [0.2, 0.25) is 0 Å². The average molecular weight is 281 g/mol. The number of hydrogen-bond acceptors (Lipinski definition) is 5. The lowest BCUT2D eigenvalue weighted by molar-refractivity contribution is -0.385. The van der Waals surface area contributed by atoms with Crippen LogP contribution in [0, 0.1) is 27.8 Å². The number of carboxylic acid groups (broad SMARTS) is 1. The minimum atomic E-state index is -1.62. The molecule has 8 heteroatoms. The van der Waals surface area contributed by atoms with Crippen molar-refractivity contribution in [1.29, 1.82) is 0 Å². The zero-order valence-corrected chi connectivity index (χ0v) is 10.2.